The van der Waals surface area contributed by atoms with Gasteiger partial charge in [-0.25, -0.2) is 0 Å². The van der Waals surface area contributed by atoms with Crippen LogP contribution in [0.1, 0.15) is 17.7 Å². The van der Waals surface area contributed by atoms with Crippen molar-refractivity contribution in [3.8, 4) is 16.8 Å². The number of allylic oxidation sites excluding steroid dienone is 1. The van der Waals surface area contributed by atoms with E-state index in [9.17, 15) is 0 Å². The molecule has 0 spiro atoms. The Kier molecular flexibility index (Phi) is 4.74. The molecule has 3 heteroatoms. The van der Waals surface area contributed by atoms with Gasteiger partial charge in [0.15, 0.2) is 5.58 Å². The van der Waals surface area contributed by atoms with Gasteiger partial charge in [0, 0.05) is 53.3 Å². The van der Waals surface area contributed by atoms with Gasteiger partial charge in [-0.2, -0.15) is 0 Å². The Morgan fingerprint density at radius 2 is 1.47 bits per heavy atom. The van der Waals surface area contributed by atoms with Crippen molar-refractivity contribution in [3.63, 3.8) is 0 Å². The number of aromatic nitrogens is 1. The molecular weight excluding hydrogens is 543 g/mol. The molecular formula is C40H25NOS. The van der Waals surface area contributed by atoms with Crippen LogP contribution < -0.4 is 0 Å². The van der Waals surface area contributed by atoms with E-state index < -0.39 is 0 Å². The van der Waals surface area contributed by atoms with Gasteiger partial charge in [0.05, 0.1) is 5.52 Å². The van der Waals surface area contributed by atoms with Crippen LogP contribution >= 0.6 is 11.3 Å². The number of rotatable bonds is 2. The van der Waals surface area contributed by atoms with Crippen molar-refractivity contribution in [2.45, 2.75) is 12.8 Å². The summed E-state index contributed by atoms with van der Waals surface area (Å²) in [5.74, 6) is 0. The van der Waals surface area contributed by atoms with Gasteiger partial charge in [-0.3, -0.25) is 0 Å². The topological polar surface area (TPSA) is 18.1 Å². The van der Waals surface area contributed by atoms with Crippen LogP contribution in [0, 0.1) is 0 Å². The number of thiophene rings is 1. The summed E-state index contributed by atoms with van der Waals surface area (Å²) in [5.41, 5.74) is 9.38. The first-order chi connectivity index (χ1) is 21.3. The van der Waals surface area contributed by atoms with E-state index in [0.717, 1.165) is 40.3 Å². The lowest BCUT2D eigenvalue weighted by Crippen LogP contribution is -2.03. The van der Waals surface area contributed by atoms with E-state index in [1.54, 1.807) is 0 Å². The summed E-state index contributed by atoms with van der Waals surface area (Å²) in [7, 11) is 0. The Morgan fingerprint density at radius 1 is 0.651 bits per heavy atom. The molecule has 1 aliphatic carbocycles. The highest BCUT2D eigenvalue weighted by Gasteiger charge is 2.26. The Balaban J connectivity index is 1.39. The Bertz CT molecular complexity index is 2630. The molecule has 2 nitrogen and oxygen atoms in total. The van der Waals surface area contributed by atoms with Crippen LogP contribution in [0.15, 0.2) is 126 Å². The number of nitrogens with zero attached hydrogens (tertiary/aromatic N) is 1. The molecule has 202 valence electrons. The zero-order valence-electron chi connectivity index (χ0n) is 23.3. The minimum atomic E-state index is 0.926. The first kappa shape index (κ1) is 23.4. The lowest BCUT2D eigenvalue weighted by molar-refractivity contribution is 0.670. The van der Waals surface area contributed by atoms with E-state index in [-0.39, 0.29) is 0 Å². The van der Waals surface area contributed by atoms with Gasteiger partial charge in [0.25, 0.3) is 0 Å². The molecule has 0 saturated heterocycles. The molecule has 10 rings (SSSR count). The highest BCUT2D eigenvalue weighted by atomic mass is 32.1. The van der Waals surface area contributed by atoms with Gasteiger partial charge in [-0.05, 0) is 77.2 Å². The maximum absolute atomic E-state index is 6.76. The van der Waals surface area contributed by atoms with Crippen LogP contribution in [0.25, 0.3) is 86.7 Å². The quantitative estimate of drug-likeness (QED) is 0.203. The number of furan rings is 1. The summed E-state index contributed by atoms with van der Waals surface area (Å²) < 4.78 is 11.9. The summed E-state index contributed by atoms with van der Waals surface area (Å²) in [4.78, 5) is 0. The third kappa shape index (κ3) is 3.28. The summed E-state index contributed by atoms with van der Waals surface area (Å²) >= 11 is 1.87. The molecule has 3 aromatic heterocycles. The van der Waals surface area contributed by atoms with Gasteiger partial charge in [0.2, 0.25) is 0 Å². The highest BCUT2D eigenvalue weighted by molar-refractivity contribution is 7.25. The Morgan fingerprint density at radius 3 is 2.42 bits per heavy atom. The highest BCUT2D eigenvalue weighted by Crippen LogP contribution is 2.47. The van der Waals surface area contributed by atoms with Crippen molar-refractivity contribution in [1.29, 1.82) is 0 Å². The Hall–Kier alpha value is -5.12. The van der Waals surface area contributed by atoms with Crippen LogP contribution in [0.5, 0.6) is 0 Å². The fraction of sp³-hybridized carbons (Fsp3) is 0.0500. The molecule has 0 aliphatic heterocycles. The first-order valence-electron chi connectivity index (χ1n) is 14.9. The molecule has 0 radical (unpaired) electrons. The first-order valence-corrected chi connectivity index (χ1v) is 15.7. The van der Waals surface area contributed by atoms with E-state index in [4.69, 9.17) is 4.42 Å². The zero-order valence-corrected chi connectivity index (χ0v) is 24.1. The molecule has 9 aromatic rings. The molecule has 43 heavy (non-hydrogen) atoms. The number of hydrogen-bond donors (Lipinski definition) is 0. The molecule has 1 aliphatic rings. The second-order valence-corrected chi connectivity index (χ2v) is 12.7. The minimum absolute atomic E-state index is 0.926. The lowest BCUT2D eigenvalue weighted by Gasteiger charge is -2.14. The van der Waals surface area contributed by atoms with Gasteiger partial charge in [-0.1, -0.05) is 84.9 Å². The van der Waals surface area contributed by atoms with Crippen LogP contribution in [0.4, 0.5) is 0 Å². The summed E-state index contributed by atoms with van der Waals surface area (Å²) in [5, 5.41) is 8.73. The smallest absolute Gasteiger partial charge is 0.160 e. The van der Waals surface area contributed by atoms with Gasteiger partial charge < -0.3 is 8.98 Å². The number of hydrogen-bond acceptors (Lipinski definition) is 2. The molecule has 0 fully saturated rings. The molecule has 6 aromatic carbocycles. The van der Waals surface area contributed by atoms with E-state index in [1.807, 2.05) is 11.3 Å². The fourth-order valence-corrected chi connectivity index (χ4v) is 8.38. The second kappa shape index (κ2) is 8.70. The van der Waals surface area contributed by atoms with Gasteiger partial charge >= 0.3 is 0 Å². The van der Waals surface area contributed by atoms with E-state index in [1.165, 1.54) is 64.4 Å². The van der Waals surface area contributed by atoms with E-state index in [2.05, 4.69) is 132 Å². The number of benzene rings is 6. The summed E-state index contributed by atoms with van der Waals surface area (Å²) in [6.45, 7) is 0. The van der Waals surface area contributed by atoms with E-state index in [0.29, 0.717) is 0 Å². The van der Waals surface area contributed by atoms with Gasteiger partial charge in [-0.15, -0.1) is 11.3 Å². The summed E-state index contributed by atoms with van der Waals surface area (Å²) in [6.07, 6.45) is 6.69. The second-order valence-electron chi connectivity index (χ2n) is 11.6. The maximum atomic E-state index is 6.76. The normalized spacial score (nSPS) is 13.3. The van der Waals surface area contributed by atoms with Crippen LogP contribution in [0.2, 0.25) is 0 Å². The average molecular weight is 568 g/mol. The summed E-state index contributed by atoms with van der Waals surface area (Å²) in [6, 6.07) is 42.1. The molecule has 0 bridgehead atoms. The van der Waals surface area contributed by atoms with Crippen molar-refractivity contribution in [1.82, 2.24) is 4.57 Å². The van der Waals surface area contributed by atoms with Crippen molar-refractivity contribution in [3.05, 3.63) is 133 Å². The monoisotopic (exact) mass is 567 g/mol. The third-order valence-corrected chi connectivity index (χ3v) is 10.4. The van der Waals surface area contributed by atoms with Crippen LogP contribution in [-0.2, 0) is 6.42 Å². The van der Waals surface area contributed by atoms with Crippen molar-refractivity contribution in [2.24, 2.45) is 0 Å². The van der Waals surface area contributed by atoms with Crippen molar-refractivity contribution < 1.29 is 4.42 Å². The predicted molar refractivity (Wildman–Crippen MR) is 184 cm³/mol. The number of fused-ring (bicyclic) bond motifs is 11. The van der Waals surface area contributed by atoms with E-state index >= 15 is 0 Å². The largest absolute Gasteiger partial charge is 0.454 e. The Labute approximate surface area is 251 Å². The predicted octanol–water partition coefficient (Wildman–Crippen LogP) is 11.7. The molecule has 0 N–H and O–H groups in total. The third-order valence-electron chi connectivity index (χ3n) is 9.23. The van der Waals surface area contributed by atoms with Crippen LogP contribution in [0.3, 0.4) is 0 Å². The molecule has 0 amide bonds. The van der Waals surface area contributed by atoms with Crippen molar-refractivity contribution >= 4 is 81.2 Å². The fourth-order valence-electron chi connectivity index (χ4n) is 7.30. The minimum Gasteiger partial charge on any atom is -0.454 e. The maximum Gasteiger partial charge on any atom is 0.160 e. The molecule has 3 heterocycles. The SMILES string of the molecule is C1=Cc2c(n(-c3ccc4ccccc4c3)c3c2c(-c2ccc4sc5ccccc5c4c2)cc2c4ccccc4oc23)CC1. The van der Waals surface area contributed by atoms with Crippen molar-refractivity contribution in [2.75, 3.05) is 0 Å². The molecule has 0 saturated carbocycles. The van der Waals surface area contributed by atoms with Crippen LogP contribution in [-0.4, -0.2) is 4.57 Å². The molecule has 0 atom stereocenters. The molecule has 0 unspecified atom stereocenters. The average Bonchev–Trinajstić information content (AvgIpc) is 3.73. The lowest BCUT2D eigenvalue weighted by atomic mass is 9.93. The zero-order chi connectivity index (χ0) is 28.1. The van der Waals surface area contributed by atoms with Gasteiger partial charge in [0.1, 0.15) is 5.58 Å². The number of para-hydroxylation sites is 1. The standard InChI is InChI=1S/C40H25NOS/c1-2-10-25-21-27(19-17-24(25)9-1)41-34-14-6-3-13-30(34)38-31(23-33-28-11-4-7-15-35(28)42-40(33)39(38)41)26-18-20-37-32(22-26)29-12-5-8-16-36(29)43-37/h1-5,7-13,15-23H,6,14H2.